The maximum Gasteiger partial charge on any atom is 0.137 e. The topological polar surface area (TPSA) is 49.9 Å². The lowest BCUT2D eigenvalue weighted by atomic mass is 10.2. The van der Waals surface area contributed by atoms with Crippen LogP contribution in [0.15, 0.2) is 28.9 Å². The Kier molecular flexibility index (Phi) is 4.61. The molecule has 0 amide bonds. The Morgan fingerprint density at radius 1 is 1.42 bits per heavy atom. The van der Waals surface area contributed by atoms with Gasteiger partial charge in [0.05, 0.1) is 11.6 Å². The third-order valence-electron chi connectivity index (χ3n) is 2.75. The molecule has 0 aliphatic rings. The van der Waals surface area contributed by atoms with Gasteiger partial charge in [-0.3, -0.25) is 0 Å². The highest BCUT2D eigenvalue weighted by Crippen LogP contribution is 2.29. The molecular formula is C14H18BrN3O. The summed E-state index contributed by atoms with van der Waals surface area (Å²) in [5, 5.41) is 3.36. The number of ether oxygens (including phenoxy) is 1. The summed E-state index contributed by atoms with van der Waals surface area (Å²) in [6.45, 7) is 5.04. The number of H-pyrrole nitrogens is 1. The van der Waals surface area contributed by atoms with Crippen LogP contribution in [0.2, 0.25) is 0 Å². The van der Waals surface area contributed by atoms with Gasteiger partial charge in [0.2, 0.25) is 0 Å². The maximum absolute atomic E-state index is 5.22. The van der Waals surface area contributed by atoms with Crippen molar-refractivity contribution in [3.8, 4) is 17.1 Å². The fourth-order valence-electron chi connectivity index (χ4n) is 1.72. The minimum atomic E-state index is 0.460. The van der Waals surface area contributed by atoms with Crippen molar-refractivity contribution in [1.82, 2.24) is 15.3 Å². The normalized spacial score (nSPS) is 11.0. The Balaban J connectivity index is 2.16. The number of rotatable bonds is 5. The first kappa shape index (κ1) is 14.1. The quantitative estimate of drug-likeness (QED) is 0.887. The van der Waals surface area contributed by atoms with E-state index in [4.69, 9.17) is 4.74 Å². The van der Waals surface area contributed by atoms with Crippen LogP contribution < -0.4 is 10.1 Å². The summed E-state index contributed by atoms with van der Waals surface area (Å²) >= 11 is 3.48. The van der Waals surface area contributed by atoms with Gasteiger partial charge in [-0.1, -0.05) is 13.8 Å². The fourth-order valence-corrected chi connectivity index (χ4v) is 2.26. The second-order valence-electron chi connectivity index (χ2n) is 4.64. The van der Waals surface area contributed by atoms with E-state index in [9.17, 15) is 0 Å². The Hall–Kier alpha value is -1.33. The molecule has 0 spiro atoms. The number of imidazole rings is 1. The van der Waals surface area contributed by atoms with Crippen molar-refractivity contribution in [2.75, 3.05) is 7.11 Å². The molecule has 0 fully saturated rings. The number of hydrogen-bond donors (Lipinski definition) is 2. The third kappa shape index (κ3) is 3.58. The number of benzene rings is 1. The predicted octanol–water partition coefficient (Wildman–Crippen LogP) is 3.35. The first-order chi connectivity index (χ1) is 9.10. The third-order valence-corrected chi connectivity index (χ3v) is 3.37. The molecule has 0 saturated heterocycles. The SMILES string of the molecule is COc1ccc(-c2ncc(CNC(C)C)[nH]2)cc1Br. The highest BCUT2D eigenvalue weighted by atomic mass is 79.9. The number of aromatic amines is 1. The van der Waals surface area contributed by atoms with Gasteiger partial charge in [0.1, 0.15) is 11.6 Å². The average molecular weight is 324 g/mol. The summed E-state index contributed by atoms with van der Waals surface area (Å²) in [6, 6.07) is 6.37. The molecule has 4 nitrogen and oxygen atoms in total. The van der Waals surface area contributed by atoms with E-state index in [1.807, 2.05) is 24.4 Å². The molecule has 5 heteroatoms. The molecule has 0 saturated carbocycles. The lowest BCUT2D eigenvalue weighted by Gasteiger charge is -2.06. The lowest BCUT2D eigenvalue weighted by molar-refractivity contribution is 0.412. The van der Waals surface area contributed by atoms with Crippen LogP contribution in [0.25, 0.3) is 11.4 Å². The van der Waals surface area contributed by atoms with E-state index in [0.29, 0.717) is 6.04 Å². The molecule has 1 aromatic carbocycles. The van der Waals surface area contributed by atoms with Gasteiger partial charge in [-0.2, -0.15) is 0 Å². The van der Waals surface area contributed by atoms with E-state index in [-0.39, 0.29) is 0 Å². The van der Waals surface area contributed by atoms with E-state index >= 15 is 0 Å². The van der Waals surface area contributed by atoms with Gasteiger partial charge < -0.3 is 15.0 Å². The number of methoxy groups -OCH3 is 1. The predicted molar refractivity (Wildman–Crippen MR) is 80.3 cm³/mol. The summed E-state index contributed by atoms with van der Waals surface area (Å²) in [7, 11) is 1.66. The highest BCUT2D eigenvalue weighted by Gasteiger charge is 2.07. The molecule has 2 aromatic rings. The van der Waals surface area contributed by atoms with Crippen LogP contribution in [-0.4, -0.2) is 23.1 Å². The molecule has 0 unspecified atom stereocenters. The molecule has 19 heavy (non-hydrogen) atoms. The summed E-state index contributed by atoms with van der Waals surface area (Å²) in [6.07, 6.45) is 1.86. The van der Waals surface area contributed by atoms with Gasteiger partial charge in [-0.15, -0.1) is 0 Å². The molecular weight excluding hydrogens is 306 g/mol. The van der Waals surface area contributed by atoms with Crippen molar-refractivity contribution in [1.29, 1.82) is 0 Å². The summed E-state index contributed by atoms with van der Waals surface area (Å²) < 4.78 is 6.14. The first-order valence-electron chi connectivity index (χ1n) is 6.21. The van der Waals surface area contributed by atoms with Crippen LogP contribution in [0.5, 0.6) is 5.75 Å². The van der Waals surface area contributed by atoms with E-state index in [1.54, 1.807) is 7.11 Å². The second-order valence-corrected chi connectivity index (χ2v) is 5.50. The van der Waals surface area contributed by atoms with Crippen molar-refractivity contribution in [3.63, 3.8) is 0 Å². The molecule has 0 aliphatic heterocycles. The maximum atomic E-state index is 5.22. The van der Waals surface area contributed by atoms with Gasteiger partial charge >= 0.3 is 0 Å². The van der Waals surface area contributed by atoms with E-state index in [2.05, 4.69) is 45.1 Å². The monoisotopic (exact) mass is 323 g/mol. The van der Waals surface area contributed by atoms with Crippen LogP contribution in [-0.2, 0) is 6.54 Å². The Labute approximate surface area is 121 Å². The van der Waals surface area contributed by atoms with Crippen LogP contribution >= 0.6 is 15.9 Å². The molecule has 1 heterocycles. The van der Waals surface area contributed by atoms with E-state index in [0.717, 1.165) is 33.8 Å². The molecule has 0 aliphatic carbocycles. The van der Waals surface area contributed by atoms with Crippen LogP contribution in [0.3, 0.4) is 0 Å². The van der Waals surface area contributed by atoms with Crippen molar-refractivity contribution in [2.45, 2.75) is 26.4 Å². The minimum Gasteiger partial charge on any atom is -0.496 e. The smallest absolute Gasteiger partial charge is 0.137 e. The highest BCUT2D eigenvalue weighted by molar-refractivity contribution is 9.10. The number of nitrogens with zero attached hydrogens (tertiary/aromatic N) is 1. The molecule has 2 N–H and O–H groups in total. The number of hydrogen-bond acceptors (Lipinski definition) is 3. The summed E-state index contributed by atoms with van der Waals surface area (Å²) in [4.78, 5) is 7.72. The van der Waals surface area contributed by atoms with Gasteiger partial charge in [0, 0.05) is 30.0 Å². The largest absolute Gasteiger partial charge is 0.496 e. The fraction of sp³-hybridized carbons (Fsp3) is 0.357. The lowest BCUT2D eigenvalue weighted by Crippen LogP contribution is -2.21. The van der Waals surface area contributed by atoms with Gasteiger partial charge in [0.15, 0.2) is 0 Å². The number of halogens is 1. The summed E-state index contributed by atoms with van der Waals surface area (Å²) in [5.41, 5.74) is 2.11. The Morgan fingerprint density at radius 2 is 2.21 bits per heavy atom. The van der Waals surface area contributed by atoms with E-state index in [1.165, 1.54) is 0 Å². The molecule has 0 radical (unpaired) electrons. The van der Waals surface area contributed by atoms with Crippen molar-refractivity contribution in [2.24, 2.45) is 0 Å². The number of aromatic nitrogens is 2. The standard InChI is InChI=1S/C14H18BrN3O/c1-9(2)16-7-11-8-17-14(18-11)10-4-5-13(19-3)12(15)6-10/h4-6,8-9,16H,7H2,1-3H3,(H,17,18). The molecule has 2 rings (SSSR count). The molecule has 0 atom stereocenters. The van der Waals surface area contributed by atoms with Crippen molar-refractivity contribution >= 4 is 15.9 Å². The molecule has 102 valence electrons. The van der Waals surface area contributed by atoms with Gasteiger partial charge in [-0.25, -0.2) is 4.98 Å². The van der Waals surface area contributed by atoms with E-state index < -0.39 is 0 Å². The van der Waals surface area contributed by atoms with Gasteiger partial charge in [-0.05, 0) is 34.1 Å². The first-order valence-corrected chi connectivity index (χ1v) is 7.00. The second kappa shape index (κ2) is 6.21. The van der Waals surface area contributed by atoms with Crippen LogP contribution in [0.4, 0.5) is 0 Å². The van der Waals surface area contributed by atoms with Gasteiger partial charge in [0.25, 0.3) is 0 Å². The zero-order chi connectivity index (χ0) is 13.8. The Bertz CT molecular complexity index is 551. The van der Waals surface area contributed by atoms with Crippen LogP contribution in [0.1, 0.15) is 19.5 Å². The molecule has 1 aromatic heterocycles. The van der Waals surface area contributed by atoms with Crippen LogP contribution in [0, 0.1) is 0 Å². The zero-order valence-electron chi connectivity index (χ0n) is 11.3. The minimum absolute atomic E-state index is 0.460. The number of nitrogens with one attached hydrogen (secondary N) is 2. The van der Waals surface area contributed by atoms with Crippen molar-refractivity contribution in [3.05, 3.63) is 34.6 Å². The van der Waals surface area contributed by atoms with Crippen molar-refractivity contribution < 1.29 is 4.74 Å². The zero-order valence-corrected chi connectivity index (χ0v) is 12.9. The Morgan fingerprint density at radius 3 is 2.84 bits per heavy atom. The summed E-state index contributed by atoms with van der Waals surface area (Å²) in [5.74, 6) is 1.68. The average Bonchev–Trinajstić information content (AvgIpc) is 2.85. The molecule has 0 bridgehead atoms.